The van der Waals surface area contributed by atoms with E-state index in [-0.39, 0.29) is 19.1 Å². The Hall–Kier alpha value is -4.64. The Balaban J connectivity index is 1.40. The van der Waals surface area contributed by atoms with Crippen molar-refractivity contribution in [2.75, 3.05) is 11.9 Å². The summed E-state index contributed by atoms with van der Waals surface area (Å²) in [6.45, 7) is 0.0452. The monoisotopic (exact) mass is 425 g/mol. The lowest BCUT2D eigenvalue weighted by atomic mass is 10.1. The SMILES string of the molecule is N#Cc1ccccc1COc1ccc2[nH]nc(NC(=O)CNC(=O)c3ccccc3)c2c1. The summed E-state index contributed by atoms with van der Waals surface area (Å²) in [5.41, 5.74) is 2.54. The van der Waals surface area contributed by atoms with Crippen LogP contribution in [-0.4, -0.2) is 28.6 Å². The predicted molar refractivity (Wildman–Crippen MR) is 119 cm³/mol. The molecule has 0 aliphatic rings. The van der Waals surface area contributed by atoms with Crippen LogP contribution in [0.15, 0.2) is 72.8 Å². The van der Waals surface area contributed by atoms with Gasteiger partial charge in [0.05, 0.1) is 23.7 Å². The Kier molecular flexibility index (Phi) is 6.09. The number of hydrogen-bond donors (Lipinski definition) is 3. The number of fused-ring (bicyclic) bond motifs is 1. The van der Waals surface area contributed by atoms with Crippen molar-refractivity contribution in [1.29, 1.82) is 5.26 Å². The third-order valence-electron chi connectivity index (χ3n) is 4.77. The molecule has 0 saturated carbocycles. The lowest BCUT2D eigenvalue weighted by Gasteiger charge is -2.08. The van der Waals surface area contributed by atoms with Crippen LogP contribution >= 0.6 is 0 Å². The molecule has 158 valence electrons. The van der Waals surface area contributed by atoms with Gasteiger partial charge < -0.3 is 15.4 Å². The molecule has 0 saturated heterocycles. The number of anilines is 1. The van der Waals surface area contributed by atoms with Crippen molar-refractivity contribution in [1.82, 2.24) is 15.5 Å². The molecule has 3 aromatic carbocycles. The van der Waals surface area contributed by atoms with E-state index in [9.17, 15) is 14.9 Å². The first-order chi connectivity index (χ1) is 15.6. The van der Waals surface area contributed by atoms with Crippen LogP contribution in [0.4, 0.5) is 5.82 Å². The quantitative estimate of drug-likeness (QED) is 0.419. The number of rotatable bonds is 7. The highest BCUT2D eigenvalue weighted by molar-refractivity contribution is 6.03. The van der Waals surface area contributed by atoms with Gasteiger partial charge >= 0.3 is 0 Å². The van der Waals surface area contributed by atoms with Crippen LogP contribution in [0.3, 0.4) is 0 Å². The van der Waals surface area contributed by atoms with Gasteiger partial charge in [0.15, 0.2) is 5.82 Å². The number of aromatic amines is 1. The van der Waals surface area contributed by atoms with Crippen molar-refractivity contribution in [3.05, 3.63) is 89.5 Å². The maximum Gasteiger partial charge on any atom is 0.251 e. The summed E-state index contributed by atoms with van der Waals surface area (Å²) in [6.07, 6.45) is 0. The van der Waals surface area contributed by atoms with Gasteiger partial charge in [-0.2, -0.15) is 10.4 Å². The topological polar surface area (TPSA) is 120 Å². The number of nitrogens with zero attached hydrogens (tertiary/aromatic N) is 2. The van der Waals surface area contributed by atoms with E-state index in [1.54, 1.807) is 54.6 Å². The number of carbonyl (C=O) groups excluding carboxylic acids is 2. The smallest absolute Gasteiger partial charge is 0.251 e. The molecule has 0 unspecified atom stereocenters. The fraction of sp³-hybridized carbons (Fsp3) is 0.0833. The molecule has 0 bridgehead atoms. The zero-order chi connectivity index (χ0) is 22.3. The number of benzene rings is 3. The van der Waals surface area contributed by atoms with E-state index in [0.717, 1.165) is 11.1 Å². The summed E-state index contributed by atoms with van der Waals surface area (Å²) in [4.78, 5) is 24.4. The Morgan fingerprint density at radius 2 is 1.81 bits per heavy atom. The predicted octanol–water partition coefficient (Wildman–Crippen LogP) is 3.38. The largest absolute Gasteiger partial charge is 0.489 e. The van der Waals surface area contributed by atoms with Gasteiger partial charge in [-0.25, -0.2) is 0 Å². The minimum Gasteiger partial charge on any atom is -0.489 e. The standard InChI is InChI=1S/C24H19N5O3/c25-13-17-8-4-5-9-18(17)15-32-19-10-11-21-20(12-19)23(29-28-21)27-22(30)14-26-24(31)16-6-2-1-3-7-16/h1-12H,14-15H2,(H,26,31)(H2,27,28,29,30). The molecule has 4 rings (SSSR count). The van der Waals surface area contributed by atoms with Crippen molar-refractivity contribution in [3.63, 3.8) is 0 Å². The zero-order valence-electron chi connectivity index (χ0n) is 17.0. The fourth-order valence-electron chi connectivity index (χ4n) is 3.12. The summed E-state index contributed by atoms with van der Waals surface area (Å²) in [5.74, 6) is 0.166. The van der Waals surface area contributed by atoms with Gasteiger partial charge in [-0.3, -0.25) is 14.7 Å². The van der Waals surface area contributed by atoms with E-state index in [1.165, 1.54) is 0 Å². The molecule has 4 aromatic rings. The van der Waals surface area contributed by atoms with E-state index in [2.05, 4.69) is 26.9 Å². The average Bonchev–Trinajstić information content (AvgIpc) is 3.23. The van der Waals surface area contributed by atoms with Crippen LogP contribution < -0.4 is 15.4 Å². The molecule has 0 aliphatic heterocycles. The highest BCUT2D eigenvalue weighted by atomic mass is 16.5. The summed E-state index contributed by atoms with van der Waals surface area (Å²) < 4.78 is 5.84. The molecular formula is C24H19N5O3. The normalized spacial score (nSPS) is 10.3. The van der Waals surface area contributed by atoms with Gasteiger partial charge in [-0.15, -0.1) is 0 Å². The summed E-state index contributed by atoms with van der Waals surface area (Å²) >= 11 is 0. The number of H-pyrrole nitrogens is 1. The summed E-state index contributed by atoms with van der Waals surface area (Å²) in [7, 11) is 0. The van der Waals surface area contributed by atoms with Gasteiger partial charge in [0.2, 0.25) is 5.91 Å². The number of aromatic nitrogens is 2. The second-order valence-corrected chi connectivity index (χ2v) is 6.93. The number of nitriles is 1. The second-order valence-electron chi connectivity index (χ2n) is 6.93. The van der Waals surface area contributed by atoms with Crippen molar-refractivity contribution >= 4 is 28.5 Å². The molecule has 0 aliphatic carbocycles. The van der Waals surface area contributed by atoms with Gasteiger partial charge in [0.1, 0.15) is 12.4 Å². The van der Waals surface area contributed by atoms with Crippen LogP contribution in [0.25, 0.3) is 10.9 Å². The Morgan fingerprint density at radius 3 is 2.62 bits per heavy atom. The van der Waals surface area contributed by atoms with Crippen LogP contribution in [-0.2, 0) is 11.4 Å². The van der Waals surface area contributed by atoms with E-state index in [1.807, 2.05) is 18.2 Å². The minimum absolute atomic E-state index is 0.191. The molecule has 0 atom stereocenters. The molecule has 32 heavy (non-hydrogen) atoms. The Morgan fingerprint density at radius 1 is 1.03 bits per heavy atom. The van der Waals surface area contributed by atoms with Gasteiger partial charge in [0, 0.05) is 16.5 Å². The molecule has 8 heteroatoms. The summed E-state index contributed by atoms with van der Waals surface area (Å²) in [5, 5.41) is 22.1. The van der Waals surface area contributed by atoms with Crippen LogP contribution in [0.1, 0.15) is 21.5 Å². The maximum absolute atomic E-state index is 12.3. The number of amides is 2. The van der Waals surface area contributed by atoms with Crippen molar-refractivity contribution < 1.29 is 14.3 Å². The van der Waals surface area contributed by atoms with E-state index < -0.39 is 5.91 Å². The summed E-state index contributed by atoms with van der Waals surface area (Å²) in [6, 6.07) is 23.4. The number of ether oxygens (including phenoxy) is 1. The maximum atomic E-state index is 12.3. The zero-order valence-corrected chi connectivity index (χ0v) is 17.0. The second kappa shape index (κ2) is 9.45. The van der Waals surface area contributed by atoms with Crippen LogP contribution in [0.2, 0.25) is 0 Å². The van der Waals surface area contributed by atoms with E-state index >= 15 is 0 Å². The molecule has 1 aromatic heterocycles. The molecular weight excluding hydrogens is 406 g/mol. The number of carbonyl (C=O) groups is 2. The first-order valence-electron chi connectivity index (χ1n) is 9.86. The number of nitrogens with one attached hydrogen (secondary N) is 3. The minimum atomic E-state index is -0.406. The first-order valence-corrected chi connectivity index (χ1v) is 9.86. The fourth-order valence-corrected chi connectivity index (χ4v) is 3.12. The highest BCUT2D eigenvalue weighted by Gasteiger charge is 2.12. The molecule has 0 radical (unpaired) electrons. The van der Waals surface area contributed by atoms with Crippen molar-refractivity contribution in [2.45, 2.75) is 6.61 Å². The molecule has 2 amide bonds. The first kappa shape index (κ1) is 20.6. The molecule has 1 heterocycles. The lowest BCUT2D eigenvalue weighted by molar-refractivity contribution is -0.115. The molecule has 0 spiro atoms. The molecule has 8 nitrogen and oxygen atoms in total. The molecule has 0 fully saturated rings. The van der Waals surface area contributed by atoms with Crippen LogP contribution in [0.5, 0.6) is 5.75 Å². The Bertz CT molecular complexity index is 1310. The van der Waals surface area contributed by atoms with Crippen molar-refractivity contribution in [2.24, 2.45) is 0 Å². The van der Waals surface area contributed by atoms with Crippen LogP contribution in [0, 0.1) is 11.3 Å². The van der Waals surface area contributed by atoms with Gasteiger partial charge in [-0.1, -0.05) is 36.4 Å². The Labute approximate surface area is 183 Å². The highest BCUT2D eigenvalue weighted by Crippen LogP contribution is 2.26. The van der Waals surface area contributed by atoms with Crippen molar-refractivity contribution in [3.8, 4) is 11.8 Å². The van der Waals surface area contributed by atoms with E-state index in [4.69, 9.17) is 4.74 Å². The third-order valence-corrected chi connectivity index (χ3v) is 4.77. The van der Waals surface area contributed by atoms with Gasteiger partial charge in [-0.05, 0) is 36.4 Å². The lowest BCUT2D eigenvalue weighted by Crippen LogP contribution is -2.32. The third kappa shape index (κ3) is 4.74. The molecule has 3 N–H and O–H groups in total. The average molecular weight is 425 g/mol. The van der Waals surface area contributed by atoms with E-state index in [0.29, 0.717) is 28.1 Å². The van der Waals surface area contributed by atoms with Gasteiger partial charge in [0.25, 0.3) is 5.91 Å². The number of hydrogen-bond acceptors (Lipinski definition) is 5.